The van der Waals surface area contributed by atoms with Crippen LogP contribution in [0.5, 0.6) is 5.75 Å². The van der Waals surface area contributed by atoms with Gasteiger partial charge < -0.3 is 9.84 Å². The van der Waals surface area contributed by atoms with Gasteiger partial charge in [0.15, 0.2) is 0 Å². The number of benzene rings is 1. The predicted octanol–water partition coefficient (Wildman–Crippen LogP) is 2.13. The molecule has 1 aromatic carbocycles. The van der Waals surface area contributed by atoms with Crippen LogP contribution in [0.4, 0.5) is 0 Å². The predicted molar refractivity (Wildman–Crippen MR) is 60.9 cm³/mol. The van der Waals surface area contributed by atoms with Gasteiger partial charge in [0.05, 0.1) is 24.7 Å². The van der Waals surface area contributed by atoms with Gasteiger partial charge >= 0.3 is 5.97 Å². The Morgan fingerprint density at radius 2 is 2.31 bits per heavy atom. The average molecular weight is 284 g/mol. The van der Waals surface area contributed by atoms with Gasteiger partial charge in [0.1, 0.15) is 5.75 Å². The summed E-state index contributed by atoms with van der Waals surface area (Å²) in [4.78, 5) is 11.3. The Balaban J connectivity index is 3.04. The summed E-state index contributed by atoms with van der Waals surface area (Å²) < 4.78 is 5.32. The maximum Gasteiger partial charge on any atom is 0.310 e. The highest BCUT2D eigenvalue weighted by Crippen LogP contribution is 2.26. The number of ether oxygens (including phenoxy) is 1. The van der Waals surface area contributed by atoms with Crippen molar-refractivity contribution in [3.05, 3.63) is 27.7 Å². The first-order valence-corrected chi connectivity index (χ1v) is 5.45. The molecule has 1 aromatic rings. The molecule has 0 aromatic heterocycles. The molecule has 4 nitrogen and oxygen atoms in total. The lowest BCUT2D eigenvalue weighted by Crippen LogP contribution is -2.09. The molecule has 0 aliphatic carbocycles. The second kappa shape index (κ2) is 5.52. The van der Waals surface area contributed by atoms with Crippen molar-refractivity contribution in [1.82, 2.24) is 0 Å². The normalized spacial score (nSPS) is 9.56. The topological polar surface area (TPSA) is 70.3 Å². The Hall–Kier alpha value is -1.54. The molecule has 0 saturated heterocycles. The smallest absolute Gasteiger partial charge is 0.310 e. The molecule has 0 aliphatic heterocycles. The van der Waals surface area contributed by atoms with E-state index < -0.39 is 5.97 Å². The molecule has 16 heavy (non-hydrogen) atoms. The molecule has 0 bridgehead atoms. The minimum absolute atomic E-state index is 0.0115. The number of esters is 1. The Kier molecular flexibility index (Phi) is 4.32. The van der Waals surface area contributed by atoms with E-state index in [4.69, 9.17) is 10.00 Å². The molecule has 1 rings (SSSR count). The van der Waals surface area contributed by atoms with E-state index in [2.05, 4.69) is 15.9 Å². The SMILES string of the molecule is CCOC(=O)Cc1c(Br)cc(O)cc1C#N. The summed E-state index contributed by atoms with van der Waals surface area (Å²) >= 11 is 3.20. The molecule has 0 aliphatic rings. The minimum atomic E-state index is -0.398. The van der Waals surface area contributed by atoms with Crippen molar-refractivity contribution in [1.29, 1.82) is 5.26 Å². The molecule has 84 valence electrons. The Morgan fingerprint density at radius 1 is 1.62 bits per heavy atom. The van der Waals surface area contributed by atoms with Crippen molar-refractivity contribution in [2.75, 3.05) is 6.61 Å². The number of carbonyl (C=O) groups is 1. The van der Waals surface area contributed by atoms with Gasteiger partial charge in [-0.05, 0) is 24.6 Å². The first-order valence-electron chi connectivity index (χ1n) is 4.65. The lowest BCUT2D eigenvalue weighted by molar-refractivity contribution is -0.142. The summed E-state index contributed by atoms with van der Waals surface area (Å²) in [6.45, 7) is 2.02. The molecule has 0 spiro atoms. The zero-order valence-corrected chi connectivity index (χ0v) is 10.2. The largest absolute Gasteiger partial charge is 0.508 e. The highest BCUT2D eigenvalue weighted by molar-refractivity contribution is 9.10. The van der Waals surface area contributed by atoms with Gasteiger partial charge in [-0.2, -0.15) is 5.26 Å². The molecule has 5 heteroatoms. The van der Waals surface area contributed by atoms with Crippen LogP contribution in [0, 0.1) is 11.3 Å². The fourth-order valence-corrected chi connectivity index (χ4v) is 1.85. The number of phenols is 1. The summed E-state index contributed by atoms with van der Waals surface area (Å²) in [5.41, 5.74) is 0.790. The molecular formula is C11H10BrNO3. The number of hydrogen-bond donors (Lipinski definition) is 1. The minimum Gasteiger partial charge on any atom is -0.508 e. The van der Waals surface area contributed by atoms with Crippen LogP contribution in [0.25, 0.3) is 0 Å². The quantitative estimate of drug-likeness (QED) is 0.863. The van der Waals surface area contributed by atoms with Crippen molar-refractivity contribution in [2.24, 2.45) is 0 Å². The Labute approximate surface area is 102 Å². The highest BCUT2D eigenvalue weighted by atomic mass is 79.9. The van der Waals surface area contributed by atoms with Gasteiger partial charge in [0.2, 0.25) is 0 Å². The highest BCUT2D eigenvalue weighted by Gasteiger charge is 2.13. The maximum absolute atomic E-state index is 11.3. The van der Waals surface area contributed by atoms with E-state index in [-0.39, 0.29) is 17.7 Å². The number of hydrogen-bond acceptors (Lipinski definition) is 4. The third kappa shape index (κ3) is 2.97. The lowest BCUT2D eigenvalue weighted by atomic mass is 10.1. The average Bonchev–Trinajstić information content (AvgIpc) is 2.22. The second-order valence-electron chi connectivity index (χ2n) is 3.05. The first kappa shape index (κ1) is 12.5. The van der Waals surface area contributed by atoms with Crippen LogP contribution in [0.2, 0.25) is 0 Å². The van der Waals surface area contributed by atoms with Crippen LogP contribution >= 0.6 is 15.9 Å². The Morgan fingerprint density at radius 3 is 2.88 bits per heavy atom. The molecule has 1 N–H and O–H groups in total. The van der Waals surface area contributed by atoms with Gasteiger partial charge in [0, 0.05) is 4.47 Å². The monoisotopic (exact) mass is 283 g/mol. The summed E-state index contributed by atoms with van der Waals surface area (Å²) in [5.74, 6) is -0.415. The standard InChI is InChI=1S/C11H10BrNO3/c1-2-16-11(15)5-9-7(6-13)3-8(14)4-10(9)12/h3-4,14H,2,5H2,1H3. The van der Waals surface area contributed by atoms with Crippen molar-refractivity contribution in [3.8, 4) is 11.8 Å². The van der Waals surface area contributed by atoms with Crippen LogP contribution in [-0.2, 0) is 16.0 Å². The fraction of sp³-hybridized carbons (Fsp3) is 0.273. The number of nitriles is 1. The third-order valence-electron chi connectivity index (χ3n) is 1.93. The molecular weight excluding hydrogens is 274 g/mol. The lowest BCUT2D eigenvalue weighted by Gasteiger charge is -2.07. The van der Waals surface area contributed by atoms with Gasteiger partial charge in [-0.15, -0.1) is 0 Å². The number of carbonyl (C=O) groups excluding carboxylic acids is 1. The fourth-order valence-electron chi connectivity index (χ4n) is 1.26. The van der Waals surface area contributed by atoms with Crippen LogP contribution < -0.4 is 0 Å². The van der Waals surface area contributed by atoms with E-state index in [1.807, 2.05) is 6.07 Å². The van der Waals surface area contributed by atoms with Crippen LogP contribution in [0.15, 0.2) is 16.6 Å². The summed E-state index contributed by atoms with van der Waals surface area (Å²) in [5, 5.41) is 18.2. The molecule has 0 radical (unpaired) electrons. The molecule has 0 heterocycles. The van der Waals surface area contributed by atoms with E-state index in [0.29, 0.717) is 16.6 Å². The second-order valence-corrected chi connectivity index (χ2v) is 3.90. The van der Waals surface area contributed by atoms with Crippen molar-refractivity contribution in [2.45, 2.75) is 13.3 Å². The molecule has 0 unspecified atom stereocenters. The van der Waals surface area contributed by atoms with Crippen molar-refractivity contribution in [3.63, 3.8) is 0 Å². The molecule has 0 amide bonds. The van der Waals surface area contributed by atoms with Crippen LogP contribution in [0.3, 0.4) is 0 Å². The van der Waals surface area contributed by atoms with E-state index in [0.717, 1.165) is 0 Å². The number of rotatable bonds is 3. The molecule has 0 saturated carbocycles. The van der Waals surface area contributed by atoms with Crippen molar-refractivity contribution < 1.29 is 14.6 Å². The van der Waals surface area contributed by atoms with Gasteiger partial charge in [0.25, 0.3) is 0 Å². The number of nitrogens with zero attached hydrogens (tertiary/aromatic N) is 1. The van der Waals surface area contributed by atoms with Gasteiger partial charge in [-0.1, -0.05) is 15.9 Å². The Bertz CT molecular complexity index is 451. The third-order valence-corrected chi connectivity index (χ3v) is 2.63. The van der Waals surface area contributed by atoms with E-state index in [1.165, 1.54) is 12.1 Å². The van der Waals surface area contributed by atoms with Gasteiger partial charge in [-0.25, -0.2) is 0 Å². The summed E-state index contributed by atoms with van der Waals surface area (Å²) in [6.07, 6.45) is 0.0115. The first-order chi connectivity index (χ1) is 7.58. The maximum atomic E-state index is 11.3. The van der Waals surface area contributed by atoms with E-state index >= 15 is 0 Å². The van der Waals surface area contributed by atoms with Crippen molar-refractivity contribution >= 4 is 21.9 Å². The number of aromatic hydroxyl groups is 1. The number of halogens is 1. The zero-order chi connectivity index (χ0) is 12.1. The van der Waals surface area contributed by atoms with Gasteiger partial charge in [-0.3, -0.25) is 4.79 Å². The zero-order valence-electron chi connectivity index (χ0n) is 8.66. The van der Waals surface area contributed by atoms with Crippen LogP contribution in [-0.4, -0.2) is 17.7 Å². The van der Waals surface area contributed by atoms with E-state index in [9.17, 15) is 9.90 Å². The number of phenolic OH excluding ortho intramolecular Hbond substituents is 1. The van der Waals surface area contributed by atoms with Crippen LogP contribution in [0.1, 0.15) is 18.1 Å². The summed E-state index contributed by atoms with van der Waals surface area (Å²) in [7, 11) is 0. The van der Waals surface area contributed by atoms with E-state index in [1.54, 1.807) is 6.92 Å². The molecule has 0 atom stereocenters. The summed E-state index contributed by atoms with van der Waals surface area (Å²) in [6, 6.07) is 4.69. The molecule has 0 fully saturated rings.